The van der Waals surface area contributed by atoms with Crippen molar-refractivity contribution >= 4 is 26.6 Å². The van der Waals surface area contributed by atoms with Crippen molar-refractivity contribution in [1.82, 2.24) is 0 Å². The lowest BCUT2D eigenvalue weighted by molar-refractivity contribution is 0.250. The average molecular weight is 338 g/mol. The molecular formula is C11H20N2O6P2. The lowest BCUT2D eigenvalue weighted by Gasteiger charge is -2.30. The fourth-order valence-electron chi connectivity index (χ4n) is 1.66. The summed E-state index contributed by atoms with van der Waals surface area (Å²) < 4.78 is 44.9. The zero-order valence-corrected chi connectivity index (χ0v) is 14.1. The van der Waals surface area contributed by atoms with Gasteiger partial charge in [-0.1, -0.05) is 6.07 Å². The summed E-state index contributed by atoms with van der Waals surface area (Å²) in [5, 5.41) is 2.80. The van der Waals surface area contributed by atoms with Crippen LogP contribution >= 0.6 is 15.2 Å². The van der Waals surface area contributed by atoms with Gasteiger partial charge >= 0.3 is 15.2 Å². The van der Waals surface area contributed by atoms with E-state index in [4.69, 9.17) is 23.8 Å². The van der Waals surface area contributed by atoms with Crippen molar-refractivity contribution in [3.05, 3.63) is 24.3 Å². The molecule has 0 fully saturated rings. The first kappa shape index (κ1) is 18.2. The van der Waals surface area contributed by atoms with Crippen LogP contribution in [0.15, 0.2) is 24.3 Å². The number of nitrogens with one attached hydrogen (secondary N) is 1. The summed E-state index contributed by atoms with van der Waals surface area (Å²) in [7, 11) is -2.83. The lowest BCUT2D eigenvalue weighted by atomic mass is 10.3. The van der Waals surface area contributed by atoms with Gasteiger partial charge in [-0.2, -0.15) is 0 Å². The number of benzene rings is 1. The summed E-state index contributed by atoms with van der Waals surface area (Å²) in [6.07, 6.45) is 0. The second-order valence-electron chi connectivity index (χ2n) is 3.95. The van der Waals surface area contributed by atoms with Crippen LogP contribution in [-0.4, -0.2) is 34.0 Å². The average Bonchev–Trinajstić information content (AvgIpc) is 2.51. The Hall–Kier alpha value is -0.880. The molecule has 0 atom stereocenters. The molecule has 0 unspecified atom stereocenters. The Balaban J connectivity index is 3.26. The summed E-state index contributed by atoms with van der Waals surface area (Å²) in [4.78, 5) is 0. The fraction of sp³-hybridized carbons (Fsp3) is 0.455. The molecule has 0 amide bonds. The van der Waals surface area contributed by atoms with Gasteiger partial charge in [-0.25, -0.2) is 0 Å². The van der Waals surface area contributed by atoms with Gasteiger partial charge in [-0.15, -0.1) is 0 Å². The Kier molecular flexibility index (Phi) is 6.41. The van der Waals surface area contributed by atoms with Crippen LogP contribution in [-0.2, 0) is 27.2 Å². The summed E-state index contributed by atoms with van der Waals surface area (Å²) in [5.41, 5.74) is 5.30. The number of anilines is 2. The van der Waals surface area contributed by atoms with Crippen molar-refractivity contribution < 1.29 is 27.2 Å². The molecule has 10 heteroatoms. The van der Waals surface area contributed by atoms with Gasteiger partial charge in [0.1, 0.15) is 0 Å². The van der Waals surface area contributed by atoms with E-state index in [1.165, 1.54) is 28.4 Å². The molecule has 0 aliphatic rings. The number of nitrogen functional groups attached to an aromatic ring is 1. The van der Waals surface area contributed by atoms with Gasteiger partial charge in [0.2, 0.25) is 5.52 Å². The predicted octanol–water partition coefficient (Wildman–Crippen LogP) is 2.94. The Labute approximate surface area is 124 Å². The van der Waals surface area contributed by atoms with E-state index in [1.54, 1.807) is 24.3 Å². The minimum absolute atomic E-state index is 0.476. The second-order valence-corrected chi connectivity index (χ2v) is 9.01. The van der Waals surface area contributed by atoms with Crippen LogP contribution in [0.1, 0.15) is 0 Å². The van der Waals surface area contributed by atoms with Crippen molar-refractivity contribution in [1.29, 1.82) is 0 Å². The molecule has 120 valence electrons. The van der Waals surface area contributed by atoms with Gasteiger partial charge in [-0.05, 0) is 18.2 Å². The minimum atomic E-state index is -3.79. The molecular weight excluding hydrogens is 318 g/mol. The van der Waals surface area contributed by atoms with Crippen LogP contribution in [0.4, 0.5) is 11.4 Å². The molecule has 0 bridgehead atoms. The van der Waals surface area contributed by atoms with Gasteiger partial charge in [0.25, 0.3) is 0 Å². The van der Waals surface area contributed by atoms with Crippen LogP contribution in [0.25, 0.3) is 0 Å². The zero-order valence-electron chi connectivity index (χ0n) is 12.3. The van der Waals surface area contributed by atoms with Crippen molar-refractivity contribution in [2.75, 3.05) is 39.5 Å². The van der Waals surface area contributed by atoms with Crippen molar-refractivity contribution in [2.45, 2.75) is 5.52 Å². The highest BCUT2D eigenvalue weighted by atomic mass is 31.2. The molecule has 0 radical (unpaired) electrons. The summed E-state index contributed by atoms with van der Waals surface area (Å²) in [5.74, 6) is 0. The first-order chi connectivity index (χ1) is 9.85. The van der Waals surface area contributed by atoms with Crippen LogP contribution < -0.4 is 11.1 Å². The molecule has 0 spiro atoms. The number of rotatable bonds is 8. The number of hydrogen-bond donors (Lipinski definition) is 2. The predicted molar refractivity (Wildman–Crippen MR) is 81.5 cm³/mol. The molecule has 8 nitrogen and oxygen atoms in total. The molecule has 0 heterocycles. The third kappa shape index (κ3) is 4.07. The van der Waals surface area contributed by atoms with E-state index in [0.717, 1.165) is 0 Å². The Bertz CT molecular complexity index is 525. The molecule has 1 aromatic rings. The summed E-state index contributed by atoms with van der Waals surface area (Å²) in [6.45, 7) is 0. The smallest absolute Gasteiger partial charge is 0.364 e. The highest BCUT2D eigenvalue weighted by molar-refractivity contribution is 7.72. The standard InChI is InChI=1S/C11H20N2O6P2/c1-16-20(14,17-2)11(21(15,18-3)19-4)13-10-7-5-6-9(12)8-10/h5-8,11,13H,12H2,1-4H3. The first-order valence-corrected chi connectivity index (χ1v) is 9.12. The Morgan fingerprint density at radius 1 is 1.00 bits per heavy atom. The maximum Gasteiger partial charge on any atom is 0.364 e. The van der Waals surface area contributed by atoms with Crippen molar-refractivity contribution in [3.63, 3.8) is 0 Å². The van der Waals surface area contributed by atoms with Crippen LogP contribution in [0.5, 0.6) is 0 Å². The summed E-state index contributed by atoms with van der Waals surface area (Å²) >= 11 is 0. The van der Waals surface area contributed by atoms with E-state index in [2.05, 4.69) is 5.32 Å². The molecule has 1 aromatic carbocycles. The normalized spacial score (nSPS) is 12.6. The van der Waals surface area contributed by atoms with Crippen LogP contribution in [0.3, 0.4) is 0 Å². The fourth-order valence-corrected chi connectivity index (χ4v) is 5.89. The lowest BCUT2D eigenvalue weighted by Crippen LogP contribution is -2.23. The second kappa shape index (κ2) is 7.40. The quantitative estimate of drug-likeness (QED) is 0.550. The van der Waals surface area contributed by atoms with Gasteiger partial charge in [0.05, 0.1) is 0 Å². The van der Waals surface area contributed by atoms with Crippen LogP contribution in [0, 0.1) is 0 Å². The molecule has 21 heavy (non-hydrogen) atoms. The van der Waals surface area contributed by atoms with E-state index < -0.39 is 20.7 Å². The Morgan fingerprint density at radius 2 is 1.48 bits per heavy atom. The third-order valence-electron chi connectivity index (χ3n) is 2.80. The highest BCUT2D eigenvalue weighted by Crippen LogP contribution is 2.68. The molecule has 1 rings (SSSR count). The maximum absolute atomic E-state index is 12.6. The van der Waals surface area contributed by atoms with E-state index in [-0.39, 0.29) is 0 Å². The van der Waals surface area contributed by atoms with E-state index >= 15 is 0 Å². The third-order valence-corrected chi connectivity index (χ3v) is 7.99. The van der Waals surface area contributed by atoms with Gasteiger partial charge in [0, 0.05) is 39.8 Å². The highest BCUT2D eigenvalue weighted by Gasteiger charge is 2.49. The SMILES string of the molecule is COP(=O)(OC)C(Nc1cccc(N)c1)P(=O)(OC)OC. The van der Waals surface area contributed by atoms with E-state index in [9.17, 15) is 9.13 Å². The van der Waals surface area contributed by atoms with Crippen molar-refractivity contribution in [2.24, 2.45) is 0 Å². The largest absolute Gasteiger partial charge is 0.399 e. The molecule has 0 aliphatic heterocycles. The van der Waals surface area contributed by atoms with Gasteiger partial charge < -0.3 is 29.1 Å². The minimum Gasteiger partial charge on any atom is -0.399 e. The number of nitrogens with two attached hydrogens (primary N) is 1. The first-order valence-electron chi connectivity index (χ1n) is 5.89. The van der Waals surface area contributed by atoms with E-state index in [0.29, 0.717) is 11.4 Å². The van der Waals surface area contributed by atoms with Gasteiger partial charge in [-0.3, -0.25) is 9.13 Å². The number of hydrogen-bond acceptors (Lipinski definition) is 8. The molecule has 0 saturated heterocycles. The Morgan fingerprint density at radius 3 is 1.86 bits per heavy atom. The molecule has 0 aliphatic carbocycles. The summed E-state index contributed by atoms with van der Waals surface area (Å²) in [6, 6.07) is 6.61. The monoisotopic (exact) mass is 338 g/mol. The topological polar surface area (TPSA) is 109 Å². The molecule has 0 aromatic heterocycles. The van der Waals surface area contributed by atoms with Gasteiger partial charge in [0.15, 0.2) is 0 Å². The van der Waals surface area contributed by atoms with Crippen molar-refractivity contribution in [3.8, 4) is 0 Å². The van der Waals surface area contributed by atoms with E-state index in [1.807, 2.05) is 0 Å². The van der Waals surface area contributed by atoms with Crippen LogP contribution in [0.2, 0.25) is 0 Å². The maximum atomic E-state index is 12.6. The molecule has 0 saturated carbocycles. The molecule has 3 N–H and O–H groups in total. The zero-order chi connectivity index (χ0) is 16.1.